The molecule has 0 radical (unpaired) electrons. The van der Waals surface area contributed by atoms with Crippen LogP contribution < -0.4 is 0 Å². The molecule has 10 heavy (non-hydrogen) atoms. The van der Waals surface area contributed by atoms with E-state index in [1.807, 2.05) is 6.08 Å². The average molecular weight is 142 g/mol. The monoisotopic (exact) mass is 142 g/mol. The van der Waals surface area contributed by atoms with Crippen LogP contribution in [0.15, 0.2) is 12.7 Å². The average Bonchev–Trinajstić information content (AvgIpc) is 2.73. The summed E-state index contributed by atoms with van der Waals surface area (Å²) in [5, 5.41) is 0. The number of rotatable bonds is 4. The Hall–Kier alpha value is -0.300. The van der Waals surface area contributed by atoms with Crippen molar-refractivity contribution < 1.29 is 4.74 Å². The summed E-state index contributed by atoms with van der Waals surface area (Å²) in [6.45, 7) is 7.84. The number of allylic oxidation sites excluding steroid dienone is 1. The third-order valence-electron chi connectivity index (χ3n) is 1.22. The fourth-order valence-corrected chi connectivity index (χ4v) is 0.539. The van der Waals surface area contributed by atoms with Gasteiger partial charge in [0.05, 0.1) is 13.2 Å². The van der Waals surface area contributed by atoms with Crippen molar-refractivity contribution in [2.75, 3.05) is 13.2 Å². The molecule has 0 aromatic carbocycles. The minimum absolute atomic E-state index is 1.00. The minimum atomic E-state index is 1.00. The zero-order valence-electron chi connectivity index (χ0n) is 6.94. The Kier molecular flexibility index (Phi) is 8.44. The highest BCUT2D eigenvalue weighted by molar-refractivity contribution is 4.64. The lowest BCUT2D eigenvalue weighted by molar-refractivity contribution is 0.475. The molecule has 0 amide bonds. The van der Waals surface area contributed by atoms with Crippen LogP contribution in [0.4, 0.5) is 0 Å². The van der Waals surface area contributed by atoms with E-state index in [9.17, 15) is 0 Å². The molecule has 0 atom stereocenters. The first-order valence-corrected chi connectivity index (χ1v) is 4.10. The van der Waals surface area contributed by atoms with Gasteiger partial charge in [0.1, 0.15) is 0 Å². The molecule has 0 bridgehead atoms. The van der Waals surface area contributed by atoms with Crippen LogP contribution in [0.3, 0.4) is 0 Å². The van der Waals surface area contributed by atoms with Crippen molar-refractivity contribution in [2.45, 2.75) is 32.6 Å². The van der Waals surface area contributed by atoms with Crippen molar-refractivity contribution in [3.05, 3.63) is 12.7 Å². The van der Waals surface area contributed by atoms with Gasteiger partial charge in [0, 0.05) is 0 Å². The molecule has 0 aliphatic carbocycles. The van der Waals surface area contributed by atoms with Gasteiger partial charge in [-0.25, -0.2) is 0 Å². The number of hydrogen-bond acceptors (Lipinski definition) is 1. The Bertz CT molecular complexity index is 64.4. The van der Waals surface area contributed by atoms with Crippen LogP contribution in [0.2, 0.25) is 0 Å². The van der Waals surface area contributed by atoms with Gasteiger partial charge in [-0.3, -0.25) is 0 Å². The van der Waals surface area contributed by atoms with Crippen LogP contribution in [-0.4, -0.2) is 13.2 Å². The summed E-state index contributed by atoms with van der Waals surface area (Å²) in [4.78, 5) is 0. The Morgan fingerprint density at radius 3 is 2.30 bits per heavy atom. The van der Waals surface area contributed by atoms with Crippen LogP contribution in [-0.2, 0) is 4.74 Å². The van der Waals surface area contributed by atoms with Gasteiger partial charge in [-0.05, 0) is 12.8 Å². The standard InChI is InChI=1S/C7H14.C2H4O/c1-3-5-7-6-4-2;1-2-3-1/h3H,1,4-7H2,2H3;1-2H2. The Morgan fingerprint density at radius 2 is 2.00 bits per heavy atom. The fraction of sp³-hybridized carbons (Fsp3) is 0.778. The summed E-state index contributed by atoms with van der Waals surface area (Å²) in [5.74, 6) is 0. The molecule has 1 heterocycles. The third kappa shape index (κ3) is 15.6. The Balaban J connectivity index is 0.000000219. The van der Waals surface area contributed by atoms with Crippen LogP contribution in [0.25, 0.3) is 0 Å². The normalized spacial score (nSPS) is 13.3. The predicted octanol–water partition coefficient (Wildman–Crippen LogP) is 2.77. The van der Waals surface area contributed by atoms with Gasteiger partial charge in [0.15, 0.2) is 0 Å². The SMILES string of the molecule is C1CO1.C=CCCCCC. The number of unbranched alkanes of at least 4 members (excludes halogenated alkanes) is 3. The van der Waals surface area contributed by atoms with E-state index in [0.717, 1.165) is 13.2 Å². The largest absolute Gasteiger partial charge is 0.377 e. The zero-order valence-corrected chi connectivity index (χ0v) is 6.94. The lowest BCUT2D eigenvalue weighted by Gasteiger charge is -1.87. The molecule has 0 unspecified atom stereocenters. The van der Waals surface area contributed by atoms with E-state index in [1.165, 1.54) is 25.7 Å². The van der Waals surface area contributed by atoms with Crippen LogP contribution >= 0.6 is 0 Å². The van der Waals surface area contributed by atoms with E-state index in [1.54, 1.807) is 0 Å². The summed E-state index contributed by atoms with van der Waals surface area (Å²) < 4.78 is 4.50. The molecular formula is C9H18O. The first-order chi connectivity index (χ1) is 4.91. The molecular weight excluding hydrogens is 124 g/mol. The molecule has 0 aromatic rings. The second-order valence-electron chi connectivity index (χ2n) is 2.40. The van der Waals surface area contributed by atoms with Crippen molar-refractivity contribution in [1.29, 1.82) is 0 Å². The molecule has 0 spiro atoms. The van der Waals surface area contributed by atoms with E-state index in [0.29, 0.717) is 0 Å². The highest BCUT2D eigenvalue weighted by Crippen LogP contribution is 1.97. The van der Waals surface area contributed by atoms with Gasteiger partial charge >= 0.3 is 0 Å². The summed E-state index contributed by atoms with van der Waals surface area (Å²) in [5.41, 5.74) is 0. The molecule has 0 aromatic heterocycles. The summed E-state index contributed by atoms with van der Waals surface area (Å²) >= 11 is 0. The predicted molar refractivity (Wildman–Crippen MR) is 45.2 cm³/mol. The molecule has 1 aliphatic heterocycles. The van der Waals surface area contributed by atoms with E-state index in [2.05, 4.69) is 18.2 Å². The molecule has 1 nitrogen and oxygen atoms in total. The molecule has 1 fully saturated rings. The molecule has 0 N–H and O–H groups in total. The van der Waals surface area contributed by atoms with E-state index >= 15 is 0 Å². The smallest absolute Gasteiger partial charge is 0.0701 e. The Labute approximate surface area is 64.1 Å². The first-order valence-electron chi connectivity index (χ1n) is 4.10. The fourth-order valence-electron chi connectivity index (χ4n) is 0.539. The van der Waals surface area contributed by atoms with Gasteiger partial charge in [0.2, 0.25) is 0 Å². The molecule has 1 aliphatic rings. The maximum Gasteiger partial charge on any atom is 0.0701 e. The third-order valence-corrected chi connectivity index (χ3v) is 1.22. The second kappa shape index (κ2) is 8.70. The summed E-state index contributed by atoms with van der Waals surface area (Å²) in [6.07, 6.45) is 7.16. The van der Waals surface area contributed by atoms with Crippen molar-refractivity contribution in [1.82, 2.24) is 0 Å². The van der Waals surface area contributed by atoms with E-state index < -0.39 is 0 Å². The van der Waals surface area contributed by atoms with Gasteiger partial charge in [-0.15, -0.1) is 6.58 Å². The second-order valence-corrected chi connectivity index (χ2v) is 2.40. The lowest BCUT2D eigenvalue weighted by Crippen LogP contribution is -1.67. The molecule has 60 valence electrons. The van der Waals surface area contributed by atoms with Crippen LogP contribution in [0, 0.1) is 0 Å². The van der Waals surface area contributed by atoms with Crippen molar-refractivity contribution in [2.24, 2.45) is 0 Å². The topological polar surface area (TPSA) is 12.5 Å². The molecule has 0 saturated carbocycles. The Morgan fingerprint density at radius 1 is 1.40 bits per heavy atom. The number of ether oxygens (including phenoxy) is 1. The highest BCUT2D eigenvalue weighted by atomic mass is 16.6. The minimum Gasteiger partial charge on any atom is -0.377 e. The zero-order chi connectivity index (χ0) is 7.66. The van der Waals surface area contributed by atoms with Crippen molar-refractivity contribution >= 4 is 0 Å². The van der Waals surface area contributed by atoms with Gasteiger partial charge < -0.3 is 4.74 Å². The number of epoxide rings is 1. The highest BCUT2D eigenvalue weighted by Gasteiger charge is 1.94. The molecule has 1 rings (SSSR count). The van der Waals surface area contributed by atoms with Crippen LogP contribution in [0.5, 0.6) is 0 Å². The van der Waals surface area contributed by atoms with Crippen molar-refractivity contribution in [3.8, 4) is 0 Å². The lowest BCUT2D eigenvalue weighted by atomic mass is 10.2. The van der Waals surface area contributed by atoms with Gasteiger partial charge in [-0.1, -0.05) is 25.8 Å². The summed E-state index contributed by atoms with van der Waals surface area (Å²) in [7, 11) is 0. The molecule has 1 heteroatoms. The maximum atomic E-state index is 4.50. The van der Waals surface area contributed by atoms with E-state index in [4.69, 9.17) is 0 Å². The maximum absolute atomic E-state index is 4.50. The first kappa shape index (κ1) is 9.70. The van der Waals surface area contributed by atoms with Gasteiger partial charge in [-0.2, -0.15) is 0 Å². The summed E-state index contributed by atoms with van der Waals surface area (Å²) in [6, 6.07) is 0. The number of hydrogen-bond donors (Lipinski definition) is 0. The van der Waals surface area contributed by atoms with Crippen molar-refractivity contribution in [3.63, 3.8) is 0 Å². The van der Waals surface area contributed by atoms with Gasteiger partial charge in [0.25, 0.3) is 0 Å². The quantitative estimate of drug-likeness (QED) is 0.334. The molecule has 1 saturated heterocycles. The van der Waals surface area contributed by atoms with Crippen LogP contribution in [0.1, 0.15) is 32.6 Å². The van der Waals surface area contributed by atoms with E-state index in [-0.39, 0.29) is 0 Å².